The van der Waals surface area contributed by atoms with Gasteiger partial charge in [0.25, 0.3) is 0 Å². The molecule has 0 aliphatic heterocycles. The van der Waals surface area contributed by atoms with E-state index in [0.29, 0.717) is 11.0 Å². The average molecular weight is 380 g/mol. The van der Waals surface area contributed by atoms with Crippen LogP contribution in [0.5, 0.6) is 0 Å². The lowest BCUT2D eigenvalue weighted by Gasteiger charge is -2.13. The van der Waals surface area contributed by atoms with Crippen molar-refractivity contribution in [3.8, 4) is 0 Å². The predicted molar refractivity (Wildman–Crippen MR) is 81.8 cm³/mol. The first-order valence-electron chi connectivity index (χ1n) is 5.87. The van der Waals surface area contributed by atoms with Gasteiger partial charge in [0.15, 0.2) is 0 Å². The lowest BCUT2D eigenvalue weighted by molar-refractivity contribution is 0.0695. The number of halogens is 1. The van der Waals surface area contributed by atoms with E-state index in [9.17, 15) is 13.2 Å². The smallest absolute Gasteiger partial charge is 0.336 e. The van der Waals surface area contributed by atoms with Gasteiger partial charge in [-0.2, -0.15) is 11.8 Å². The zero-order chi connectivity index (χ0) is 15.0. The van der Waals surface area contributed by atoms with Crippen LogP contribution in [0.15, 0.2) is 27.6 Å². The molecule has 0 unspecified atom stereocenters. The summed E-state index contributed by atoms with van der Waals surface area (Å²) in [6, 6.07) is 3.98. The second-order valence-corrected chi connectivity index (χ2v) is 8.55. The Morgan fingerprint density at radius 3 is 2.65 bits per heavy atom. The third kappa shape index (κ3) is 3.36. The van der Waals surface area contributed by atoms with Crippen LogP contribution in [-0.4, -0.2) is 37.0 Å². The minimum Gasteiger partial charge on any atom is -0.478 e. The maximum atomic E-state index is 12.2. The number of nitrogens with one attached hydrogen (secondary N) is 1. The summed E-state index contributed by atoms with van der Waals surface area (Å²) in [6.07, 6.45) is 3.96. The Hall–Kier alpha value is -0.570. The van der Waals surface area contributed by atoms with E-state index < -0.39 is 16.0 Å². The molecule has 2 rings (SSSR count). The normalized spacial score (nSPS) is 16.9. The van der Waals surface area contributed by atoms with Gasteiger partial charge in [0.05, 0.1) is 10.5 Å². The highest BCUT2D eigenvalue weighted by atomic mass is 79.9. The maximum absolute atomic E-state index is 12.2. The molecule has 0 saturated heterocycles. The van der Waals surface area contributed by atoms with E-state index in [1.54, 1.807) is 11.8 Å². The van der Waals surface area contributed by atoms with Crippen molar-refractivity contribution in [2.75, 3.05) is 12.8 Å². The molecular formula is C12H14BrNO4S2. The molecule has 0 bridgehead atoms. The molecule has 0 spiro atoms. The van der Waals surface area contributed by atoms with Crippen LogP contribution in [0.25, 0.3) is 0 Å². The Labute approximate surface area is 130 Å². The highest BCUT2D eigenvalue weighted by Gasteiger charge is 2.42. The Morgan fingerprint density at radius 2 is 2.15 bits per heavy atom. The molecule has 1 aliphatic rings. The number of aromatic carboxylic acids is 1. The number of thioether (sulfide) groups is 1. The number of sulfonamides is 1. The summed E-state index contributed by atoms with van der Waals surface area (Å²) < 4.78 is 27.3. The summed E-state index contributed by atoms with van der Waals surface area (Å²) in [7, 11) is -3.68. The molecule has 1 aromatic rings. The largest absolute Gasteiger partial charge is 0.478 e. The second kappa shape index (κ2) is 5.67. The van der Waals surface area contributed by atoms with Crippen molar-refractivity contribution in [1.82, 2.24) is 4.72 Å². The summed E-state index contributed by atoms with van der Waals surface area (Å²) in [6.45, 7) is 0.370. The lowest BCUT2D eigenvalue weighted by Crippen LogP contribution is -2.31. The molecule has 8 heteroatoms. The Morgan fingerprint density at radius 1 is 1.50 bits per heavy atom. The summed E-state index contributed by atoms with van der Waals surface area (Å²) in [5.74, 6) is -1.17. The Kier molecular flexibility index (Phi) is 4.48. The Bertz CT molecular complexity index is 641. The third-order valence-electron chi connectivity index (χ3n) is 3.30. The Balaban J connectivity index is 2.21. The topological polar surface area (TPSA) is 83.5 Å². The quantitative estimate of drug-likeness (QED) is 0.792. The van der Waals surface area contributed by atoms with Gasteiger partial charge >= 0.3 is 5.97 Å². The zero-order valence-electron chi connectivity index (χ0n) is 10.7. The highest BCUT2D eigenvalue weighted by molar-refractivity contribution is 9.10. The van der Waals surface area contributed by atoms with E-state index in [4.69, 9.17) is 5.11 Å². The fraction of sp³-hybridized carbons (Fsp3) is 0.417. The molecule has 0 aromatic heterocycles. The summed E-state index contributed by atoms with van der Waals surface area (Å²) in [5.41, 5.74) is -0.0705. The zero-order valence-corrected chi connectivity index (χ0v) is 13.9. The number of hydrogen-bond acceptors (Lipinski definition) is 4. The summed E-state index contributed by atoms with van der Waals surface area (Å²) in [4.78, 5) is 11.0. The van der Waals surface area contributed by atoms with E-state index in [1.807, 2.05) is 6.26 Å². The molecule has 110 valence electrons. The monoisotopic (exact) mass is 379 g/mol. The molecule has 0 atom stereocenters. The first-order chi connectivity index (χ1) is 9.30. The van der Waals surface area contributed by atoms with Crippen molar-refractivity contribution in [2.45, 2.75) is 22.5 Å². The van der Waals surface area contributed by atoms with E-state index in [-0.39, 0.29) is 15.2 Å². The van der Waals surface area contributed by atoms with Gasteiger partial charge in [-0.05, 0) is 53.2 Å². The number of benzene rings is 1. The number of rotatable bonds is 6. The average Bonchev–Trinajstić information content (AvgIpc) is 3.17. The minimum absolute atomic E-state index is 0.0120. The number of carboxylic acid groups (broad SMARTS) is 1. The summed E-state index contributed by atoms with van der Waals surface area (Å²) >= 11 is 4.75. The van der Waals surface area contributed by atoms with Gasteiger partial charge < -0.3 is 5.11 Å². The first kappa shape index (κ1) is 15.8. The van der Waals surface area contributed by atoms with Crippen LogP contribution >= 0.6 is 27.7 Å². The molecule has 5 nitrogen and oxygen atoms in total. The standard InChI is InChI=1S/C12H14BrNO4S2/c1-19-12(4-5-12)7-14-20(17,18)8-2-3-10(13)9(6-8)11(15)16/h2-3,6,14H,4-5,7H2,1H3,(H,15,16). The van der Waals surface area contributed by atoms with E-state index in [2.05, 4.69) is 20.7 Å². The van der Waals surface area contributed by atoms with Crippen molar-refractivity contribution in [3.05, 3.63) is 28.2 Å². The molecule has 1 fully saturated rings. The number of hydrogen-bond donors (Lipinski definition) is 2. The van der Waals surface area contributed by atoms with Crippen LogP contribution in [0, 0.1) is 0 Å². The summed E-state index contributed by atoms with van der Waals surface area (Å²) in [5, 5.41) is 9.01. The molecule has 1 aromatic carbocycles. The third-order valence-corrected chi connectivity index (χ3v) is 6.81. The van der Waals surface area contributed by atoms with Crippen molar-refractivity contribution in [1.29, 1.82) is 0 Å². The van der Waals surface area contributed by atoms with Crippen LogP contribution in [0.4, 0.5) is 0 Å². The minimum atomic E-state index is -3.68. The molecule has 2 N–H and O–H groups in total. The molecule has 0 amide bonds. The van der Waals surface area contributed by atoms with Crippen LogP contribution in [0.2, 0.25) is 0 Å². The van der Waals surface area contributed by atoms with Gasteiger partial charge in [-0.3, -0.25) is 0 Å². The number of carboxylic acids is 1. The van der Waals surface area contributed by atoms with Crippen molar-refractivity contribution >= 4 is 43.7 Å². The molecule has 20 heavy (non-hydrogen) atoms. The van der Waals surface area contributed by atoms with Gasteiger partial charge in [0, 0.05) is 15.8 Å². The molecular weight excluding hydrogens is 366 g/mol. The first-order valence-corrected chi connectivity index (χ1v) is 9.37. The van der Waals surface area contributed by atoms with Gasteiger partial charge in [0.1, 0.15) is 0 Å². The van der Waals surface area contributed by atoms with Crippen LogP contribution in [-0.2, 0) is 10.0 Å². The van der Waals surface area contributed by atoms with Crippen molar-refractivity contribution in [2.24, 2.45) is 0 Å². The SMILES string of the molecule is CSC1(CNS(=O)(=O)c2ccc(Br)c(C(=O)O)c2)CC1. The van der Waals surface area contributed by atoms with Gasteiger partial charge in [-0.25, -0.2) is 17.9 Å². The van der Waals surface area contributed by atoms with Gasteiger partial charge in [-0.1, -0.05) is 0 Å². The van der Waals surface area contributed by atoms with Crippen molar-refractivity contribution in [3.63, 3.8) is 0 Å². The fourth-order valence-corrected chi connectivity index (χ4v) is 4.13. The number of carbonyl (C=O) groups is 1. The van der Waals surface area contributed by atoms with Gasteiger partial charge in [-0.15, -0.1) is 0 Å². The lowest BCUT2D eigenvalue weighted by atomic mass is 10.2. The fourth-order valence-electron chi connectivity index (χ4n) is 1.74. The predicted octanol–water partition coefficient (Wildman–Crippen LogP) is 2.32. The van der Waals surface area contributed by atoms with Crippen LogP contribution in [0.1, 0.15) is 23.2 Å². The molecule has 1 aliphatic carbocycles. The van der Waals surface area contributed by atoms with E-state index in [1.165, 1.54) is 12.1 Å². The molecule has 1 saturated carbocycles. The second-order valence-electron chi connectivity index (χ2n) is 4.66. The van der Waals surface area contributed by atoms with Crippen LogP contribution < -0.4 is 4.72 Å². The molecule has 0 heterocycles. The van der Waals surface area contributed by atoms with E-state index in [0.717, 1.165) is 18.9 Å². The van der Waals surface area contributed by atoms with E-state index >= 15 is 0 Å². The highest BCUT2D eigenvalue weighted by Crippen LogP contribution is 2.46. The van der Waals surface area contributed by atoms with Crippen molar-refractivity contribution < 1.29 is 18.3 Å². The van der Waals surface area contributed by atoms with Crippen LogP contribution in [0.3, 0.4) is 0 Å². The van der Waals surface area contributed by atoms with Gasteiger partial charge in [0.2, 0.25) is 10.0 Å². The molecule has 0 radical (unpaired) electrons. The maximum Gasteiger partial charge on any atom is 0.336 e.